The fourth-order valence-corrected chi connectivity index (χ4v) is 3.42. The molecule has 0 unspecified atom stereocenters. The lowest BCUT2D eigenvalue weighted by atomic mass is 10.2. The lowest BCUT2D eigenvalue weighted by Gasteiger charge is -2.13. The van der Waals surface area contributed by atoms with Crippen molar-refractivity contribution in [3.8, 4) is 11.5 Å². The second kappa shape index (κ2) is 10.5. The number of benzene rings is 3. The van der Waals surface area contributed by atoms with Crippen LogP contribution in [0.5, 0.6) is 11.5 Å². The van der Waals surface area contributed by atoms with E-state index in [4.69, 9.17) is 32.7 Å². The van der Waals surface area contributed by atoms with Gasteiger partial charge < -0.3 is 9.47 Å². The summed E-state index contributed by atoms with van der Waals surface area (Å²) in [6.07, 6.45) is 1.50. The largest absolute Gasteiger partial charge is 0.493 e. The molecule has 0 saturated heterocycles. The average Bonchev–Trinajstić information content (AvgIpc) is 2.75. The van der Waals surface area contributed by atoms with Crippen LogP contribution in [0.15, 0.2) is 70.2 Å². The van der Waals surface area contributed by atoms with Gasteiger partial charge >= 0.3 is 0 Å². The Morgan fingerprint density at radius 2 is 1.87 bits per heavy atom. The van der Waals surface area contributed by atoms with E-state index in [2.05, 4.69) is 26.5 Å². The molecule has 0 aliphatic carbocycles. The minimum absolute atomic E-state index is 0.299. The summed E-state index contributed by atoms with van der Waals surface area (Å²) < 4.78 is 12.1. The second-order valence-corrected chi connectivity index (χ2v) is 7.81. The Labute approximate surface area is 192 Å². The van der Waals surface area contributed by atoms with Gasteiger partial charge in [-0.2, -0.15) is 5.10 Å². The first-order chi connectivity index (χ1) is 14.5. The SMILES string of the molecule is COc1cc(/C=N\NC(=O)c2ccc(Cl)c(Cl)c2)cc(Br)c1OCc1ccccc1. The molecular weight excluding hydrogens is 491 g/mol. The van der Waals surface area contributed by atoms with Crippen molar-refractivity contribution in [3.05, 3.63) is 91.9 Å². The number of hydrogen-bond acceptors (Lipinski definition) is 4. The van der Waals surface area contributed by atoms with E-state index < -0.39 is 5.91 Å². The third kappa shape index (κ3) is 5.75. The number of carbonyl (C=O) groups excluding carboxylic acids is 1. The predicted octanol–water partition coefficient (Wildman–Crippen LogP) is 6.11. The molecule has 0 aliphatic rings. The molecule has 1 N–H and O–H groups in total. The highest BCUT2D eigenvalue weighted by Gasteiger charge is 2.12. The normalized spacial score (nSPS) is 10.8. The zero-order valence-electron chi connectivity index (χ0n) is 15.9. The molecule has 8 heteroatoms. The number of rotatable bonds is 7. The number of hydrogen-bond donors (Lipinski definition) is 1. The number of ether oxygens (including phenoxy) is 2. The quantitative estimate of drug-likeness (QED) is 0.310. The maximum Gasteiger partial charge on any atom is 0.271 e. The number of carbonyl (C=O) groups is 1. The molecule has 30 heavy (non-hydrogen) atoms. The van der Waals surface area contributed by atoms with Gasteiger partial charge in [0.15, 0.2) is 11.5 Å². The van der Waals surface area contributed by atoms with E-state index in [-0.39, 0.29) is 0 Å². The standard InChI is InChI=1S/C22H17BrCl2N2O3/c1-29-20-10-15(9-17(23)21(20)30-13-14-5-3-2-4-6-14)12-26-27-22(28)16-7-8-18(24)19(25)11-16/h2-12H,13H2,1H3,(H,27,28)/b26-12-. The zero-order chi connectivity index (χ0) is 21.5. The van der Waals surface area contributed by atoms with Gasteiger partial charge in [0.25, 0.3) is 5.91 Å². The summed E-state index contributed by atoms with van der Waals surface area (Å²) in [5.74, 6) is 0.717. The molecule has 0 radical (unpaired) electrons. The number of halogens is 3. The first-order valence-electron chi connectivity index (χ1n) is 8.80. The highest BCUT2D eigenvalue weighted by Crippen LogP contribution is 2.36. The lowest BCUT2D eigenvalue weighted by molar-refractivity contribution is 0.0955. The van der Waals surface area contributed by atoms with Crippen LogP contribution < -0.4 is 14.9 Å². The molecule has 1 amide bonds. The Hall–Kier alpha value is -2.54. The summed E-state index contributed by atoms with van der Waals surface area (Å²) in [5, 5.41) is 4.67. The number of nitrogens with one attached hydrogen (secondary N) is 1. The highest BCUT2D eigenvalue weighted by molar-refractivity contribution is 9.10. The van der Waals surface area contributed by atoms with Crippen molar-refractivity contribution in [2.24, 2.45) is 5.10 Å². The fraction of sp³-hybridized carbons (Fsp3) is 0.0909. The third-order valence-electron chi connectivity index (χ3n) is 4.04. The van der Waals surface area contributed by atoms with E-state index in [1.54, 1.807) is 25.3 Å². The maximum atomic E-state index is 12.2. The van der Waals surface area contributed by atoms with Gasteiger partial charge in [0.1, 0.15) is 6.61 Å². The van der Waals surface area contributed by atoms with Gasteiger partial charge in [-0.3, -0.25) is 4.79 Å². The van der Waals surface area contributed by atoms with Crippen molar-refractivity contribution in [1.82, 2.24) is 5.43 Å². The van der Waals surface area contributed by atoms with Crippen molar-refractivity contribution in [1.29, 1.82) is 0 Å². The number of nitrogens with zero attached hydrogens (tertiary/aromatic N) is 1. The number of hydrazone groups is 1. The Bertz CT molecular complexity index is 1080. The van der Waals surface area contributed by atoms with Crippen LogP contribution in [0.25, 0.3) is 0 Å². The molecule has 3 aromatic carbocycles. The van der Waals surface area contributed by atoms with Gasteiger partial charge in [0.05, 0.1) is 27.8 Å². The van der Waals surface area contributed by atoms with Crippen LogP contribution in [0.1, 0.15) is 21.5 Å². The van der Waals surface area contributed by atoms with Crippen molar-refractivity contribution in [2.45, 2.75) is 6.61 Å². The summed E-state index contributed by atoms with van der Waals surface area (Å²) in [6, 6.07) is 18.0. The molecule has 154 valence electrons. The predicted molar refractivity (Wildman–Crippen MR) is 123 cm³/mol. The van der Waals surface area contributed by atoms with Gasteiger partial charge in [0, 0.05) is 5.56 Å². The molecule has 0 aliphatic heterocycles. The Morgan fingerprint density at radius 1 is 1.10 bits per heavy atom. The van der Waals surface area contributed by atoms with Crippen LogP contribution in [0.2, 0.25) is 10.0 Å². The first-order valence-corrected chi connectivity index (χ1v) is 10.4. The summed E-state index contributed by atoms with van der Waals surface area (Å²) >= 11 is 15.3. The van der Waals surface area contributed by atoms with E-state index in [0.717, 1.165) is 5.56 Å². The maximum absolute atomic E-state index is 12.2. The zero-order valence-corrected chi connectivity index (χ0v) is 19.0. The minimum atomic E-state index is -0.404. The second-order valence-electron chi connectivity index (χ2n) is 6.14. The molecule has 3 rings (SSSR count). The Morgan fingerprint density at radius 3 is 2.57 bits per heavy atom. The molecule has 0 atom stereocenters. The first kappa shape index (κ1) is 22.2. The average molecular weight is 508 g/mol. The molecule has 3 aromatic rings. The molecule has 0 aromatic heterocycles. The van der Waals surface area contributed by atoms with Crippen LogP contribution in [0.3, 0.4) is 0 Å². The topological polar surface area (TPSA) is 59.9 Å². The molecule has 0 bridgehead atoms. The van der Waals surface area contributed by atoms with Crippen LogP contribution in [0, 0.1) is 0 Å². The van der Waals surface area contributed by atoms with E-state index in [1.807, 2.05) is 36.4 Å². The van der Waals surface area contributed by atoms with Gasteiger partial charge in [-0.25, -0.2) is 5.43 Å². The van der Waals surface area contributed by atoms with Crippen molar-refractivity contribution in [3.63, 3.8) is 0 Å². The summed E-state index contributed by atoms with van der Waals surface area (Å²) in [4.78, 5) is 12.2. The van der Waals surface area contributed by atoms with Crippen LogP contribution in [0.4, 0.5) is 0 Å². The highest BCUT2D eigenvalue weighted by atomic mass is 79.9. The molecule has 0 fully saturated rings. The van der Waals surface area contributed by atoms with Gasteiger partial charge in [-0.05, 0) is 57.4 Å². The van der Waals surface area contributed by atoms with Crippen molar-refractivity contribution in [2.75, 3.05) is 7.11 Å². The van der Waals surface area contributed by atoms with Crippen LogP contribution in [-0.4, -0.2) is 19.2 Å². The van der Waals surface area contributed by atoms with Crippen LogP contribution in [-0.2, 0) is 6.61 Å². The van der Waals surface area contributed by atoms with E-state index >= 15 is 0 Å². The smallest absolute Gasteiger partial charge is 0.271 e. The third-order valence-corrected chi connectivity index (χ3v) is 5.37. The van der Waals surface area contributed by atoms with Crippen molar-refractivity contribution >= 4 is 51.3 Å². The summed E-state index contributed by atoms with van der Waals surface area (Å²) in [5.41, 5.74) is 4.56. The summed E-state index contributed by atoms with van der Waals surface area (Å²) in [6.45, 7) is 0.406. The molecular formula is C22H17BrCl2N2O3. The molecule has 0 spiro atoms. The molecule has 0 heterocycles. The van der Waals surface area contributed by atoms with E-state index in [9.17, 15) is 4.79 Å². The number of amides is 1. The van der Waals surface area contributed by atoms with Gasteiger partial charge in [-0.1, -0.05) is 53.5 Å². The molecule has 0 saturated carbocycles. The Kier molecular flexibility index (Phi) is 7.74. The monoisotopic (exact) mass is 506 g/mol. The van der Waals surface area contributed by atoms with Crippen molar-refractivity contribution < 1.29 is 14.3 Å². The van der Waals surface area contributed by atoms with Gasteiger partial charge in [0.2, 0.25) is 0 Å². The Balaban J connectivity index is 1.69. The van der Waals surface area contributed by atoms with E-state index in [1.165, 1.54) is 12.3 Å². The summed E-state index contributed by atoms with van der Waals surface area (Å²) in [7, 11) is 1.56. The molecule has 5 nitrogen and oxygen atoms in total. The minimum Gasteiger partial charge on any atom is -0.493 e. The number of methoxy groups -OCH3 is 1. The van der Waals surface area contributed by atoms with Crippen LogP contribution >= 0.6 is 39.1 Å². The van der Waals surface area contributed by atoms with Gasteiger partial charge in [-0.15, -0.1) is 0 Å². The fourth-order valence-electron chi connectivity index (χ4n) is 2.55. The van der Waals surface area contributed by atoms with E-state index in [0.29, 0.717) is 43.8 Å². The lowest BCUT2D eigenvalue weighted by Crippen LogP contribution is -2.17.